The summed E-state index contributed by atoms with van der Waals surface area (Å²) >= 11 is 1.58. The number of pyridine rings is 1. The van der Waals surface area contributed by atoms with Crippen molar-refractivity contribution in [2.75, 3.05) is 7.11 Å². The first-order valence-corrected chi connectivity index (χ1v) is 8.07. The van der Waals surface area contributed by atoms with Crippen molar-refractivity contribution in [1.82, 2.24) is 14.8 Å². The van der Waals surface area contributed by atoms with E-state index in [1.165, 1.54) is 17.9 Å². The number of hydrogen-bond donors (Lipinski definition) is 0. The molecule has 0 amide bonds. The standard InChI is InChI=1S/C17H15N3O3S/c1-11-5-7-15(24-11)13-6-8-16(22)20(19-13)10-14(21)12-4-3-9-18-17(12)23-2/h3-9H,10H2,1-2H3. The van der Waals surface area contributed by atoms with E-state index in [1.807, 2.05) is 19.1 Å². The Bertz CT molecular complexity index is 946. The van der Waals surface area contributed by atoms with Gasteiger partial charge in [0.05, 0.1) is 17.6 Å². The van der Waals surface area contributed by atoms with Crippen molar-refractivity contribution in [3.8, 4) is 16.5 Å². The molecule has 6 nitrogen and oxygen atoms in total. The van der Waals surface area contributed by atoms with Gasteiger partial charge in [-0.2, -0.15) is 5.10 Å². The molecule has 0 unspecified atom stereocenters. The van der Waals surface area contributed by atoms with Gasteiger partial charge in [-0.05, 0) is 37.3 Å². The summed E-state index contributed by atoms with van der Waals surface area (Å²) in [5, 5.41) is 4.31. The van der Waals surface area contributed by atoms with Crippen LogP contribution in [0.25, 0.3) is 10.6 Å². The van der Waals surface area contributed by atoms with Crippen molar-refractivity contribution in [3.05, 3.63) is 63.4 Å². The highest BCUT2D eigenvalue weighted by atomic mass is 32.1. The van der Waals surface area contributed by atoms with Gasteiger partial charge in [-0.1, -0.05) is 0 Å². The molecule has 7 heteroatoms. The summed E-state index contributed by atoms with van der Waals surface area (Å²) < 4.78 is 6.26. The van der Waals surface area contributed by atoms with E-state index in [9.17, 15) is 9.59 Å². The molecule has 122 valence electrons. The summed E-state index contributed by atoms with van der Waals surface area (Å²) in [5.74, 6) is -0.0466. The number of carbonyl (C=O) groups excluding carboxylic acids is 1. The average Bonchev–Trinajstić information content (AvgIpc) is 3.03. The SMILES string of the molecule is COc1ncccc1C(=O)Cn1nc(-c2ccc(C)s2)ccc1=O. The number of rotatable bonds is 5. The minimum atomic E-state index is -0.330. The summed E-state index contributed by atoms with van der Waals surface area (Å²) in [6.07, 6.45) is 1.54. The van der Waals surface area contributed by atoms with Crippen molar-refractivity contribution < 1.29 is 9.53 Å². The molecule has 3 aromatic rings. The van der Waals surface area contributed by atoms with E-state index in [0.717, 1.165) is 9.75 Å². The maximum atomic E-state index is 12.5. The number of Topliss-reactive ketones (excluding diaryl/α,β-unsaturated/α-hetero) is 1. The number of ether oxygens (including phenoxy) is 1. The lowest BCUT2D eigenvalue weighted by Crippen LogP contribution is -2.26. The molecule has 0 bridgehead atoms. The zero-order chi connectivity index (χ0) is 17.1. The Balaban J connectivity index is 1.92. The Labute approximate surface area is 142 Å². The average molecular weight is 341 g/mol. The van der Waals surface area contributed by atoms with E-state index in [4.69, 9.17) is 4.74 Å². The van der Waals surface area contributed by atoms with Crippen LogP contribution in [0, 0.1) is 6.92 Å². The first-order valence-electron chi connectivity index (χ1n) is 7.25. The molecule has 3 rings (SSSR count). The van der Waals surface area contributed by atoms with Gasteiger partial charge in [-0.15, -0.1) is 11.3 Å². The number of aromatic nitrogens is 3. The number of thiophene rings is 1. The first-order chi connectivity index (χ1) is 11.6. The van der Waals surface area contributed by atoms with Crippen LogP contribution >= 0.6 is 11.3 Å². The minimum Gasteiger partial charge on any atom is -0.480 e. The third-order valence-electron chi connectivity index (χ3n) is 3.42. The number of hydrogen-bond acceptors (Lipinski definition) is 6. The van der Waals surface area contributed by atoms with Gasteiger partial charge in [-0.3, -0.25) is 9.59 Å². The zero-order valence-corrected chi connectivity index (χ0v) is 14.0. The van der Waals surface area contributed by atoms with Crippen LogP contribution in [0.1, 0.15) is 15.2 Å². The fraction of sp³-hybridized carbons (Fsp3) is 0.176. The Morgan fingerprint density at radius 3 is 2.79 bits per heavy atom. The zero-order valence-electron chi connectivity index (χ0n) is 13.2. The van der Waals surface area contributed by atoms with Crippen molar-refractivity contribution in [3.63, 3.8) is 0 Å². The van der Waals surface area contributed by atoms with Crippen LogP contribution in [-0.2, 0) is 6.54 Å². The van der Waals surface area contributed by atoms with Crippen molar-refractivity contribution in [1.29, 1.82) is 0 Å². The Morgan fingerprint density at radius 1 is 1.25 bits per heavy atom. The molecule has 0 aromatic carbocycles. The molecular weight excluding hydrogens is 326 g/mol. The molecule has 3 heterocycles. The van der Waals surface area contributed by atoms with Gasteiger partial charge < -0.3 is 4.74 Å². The van der Waals surface area contributed by atoms with E-state index in [0.29, 0.717) is 11.3 Å². The van der Waals surface area contributed by atoms with Crippen LogP contribution in [0.5, 0.6) is 5.88 Å². The predicted octanol–water partition coefficient (Wildman–Crippen LogP) is 2.57. The molecule has 24 heavy (non-hydrogen) atoms. The second-order valence-corrected chi connectivity index (χ2v) is 6.40. The monoisotopic (exact) mass is 341 g/mol. The third kappa shape index (κ3) is 3.26. The molecule has 0 saturated carbocycles. The number of carbonyl (C=O) groups is 1. The number of nitrogens with zero attached hydrogens (tertiary/aromatic N) is 3. The molecule has 0 fully saturated rings. The lowest BCUT2D eigenvalue weighted by molar-refractivity contribution is 0.0962. The second-order valence-electron chi connectivity index (χ2n) is 5.11. The van der Waals surface area contributed by atoms with Gasteiger partial charge in [0.2, 0.25) is 5.88 Å². The number of ketones is 1. The van der Waals surface area contributed by atoms with E-state index in [2.05, 4.69) is 10.1 Å². The summed E-state index contributed by atoms with van der Waals surface area (Å²) in [6, 6.07) is 10.3. The normalized spacial score (nSPS) is 10.6. The minimum absolute atomic E-state index is 0.168. The predicted molar refractivity (Wildman–Crippen MR) is 91.7 cm³/mol. The fourth-order valence-corrected chi connectivity index (χ4v) is 3.09. The Hall–Kier alpha value is -2.80. The summed E-state index contributed by atoms with van der Waals surface area (Å²) in [7, 11) is 1.45. The Kier molecular flexibility index (Phi) is 4.52. The largest absolute Gasteiger partial charge is 0.480 e. The van der Waals surface area contributed by atoms with Crippen LogP contribution < -0.4 is 10.3 Å². The molecule has 0 spiro atoms. The second kappa shape index (κ2) is 6.76. The van der Waals surface area contributed by atoms with E-state index in [1.54, 1.807) is 35.7 Å². The van der Waals surface area contributed by atoms with Crippen LogP contribution in [0.15, 0.2) is 47.4 Å². The maximum Gasteiger partial charge on any atom is 0.267 e. The van der Waals surface area contributed by atoms with E-state index < -0.39 is 0 Å². The van der Waals surface area contributed by atoms with E-state index >= 15 is 0 Å². The quantitative estimate of drug-likeness (QED) is 0.667. The molecular formula is C17H15N3O3S. The molecule has 3 aromatic heterocycles. The molecule has 0 saturated heterocycles. The maximum absolute atomic E-state index is 12.5. The highest BCUT2D eigenvalue weighted by Crippen LogP contribution is 2.25. The van der Waals surface area contributed by atoms with Crippen LogP contribution in [0.2, 0.25) is 0 Å². The van der Waals surface area contributed by atoms with Gasteiger partial charge in [0.15, 0.2) is 5.78 Å². The van der Waals surface area contributed by atoms with Gasteiger partial charge in [-0.25, -0.2) is 9.67 Å². The van der Waals surface area contributed by atoms with Crippen LogP contribution in [-0.4, -0.2) is 27.7 Å². The fourth-order valence-electron chi connectivity index (χ4n) is 2.25. The molecule has 0 aliphatic rings. The van der Waals surface area contributed by atoms with Gasteiger partial charge in [0.1, 0.15) is 12.2 Å². The summed E-state index contributed by atoms with van der Waals surface area (Å²) in [4.78, 5) is 30.6. The van der Waals surface area contributed by atoms with Gasteiger partial charge in [0.25, 0.3) is 5.56 Å². The van der Waals surface area contributed by atoms with Crippen molar-refractivity contribution in [2.24, 2.45) is 0 Å². The highest BCUT2D eigenvalue weighted by molar-refractivity contribution is 7.15. The summed E-state index contributed by atoms with van der Waals surface area (Å²) in [6.45, 7) is 1.83. The topological polar surface area (TPSA) is 74.1 Å². The molecule has 0 aliphatic carbocycles. The molecule has 0 atom stereocenters. The summed E-state index contributed by atoms with van der Waals surface area (Å²) in [5.41, 5.74) is 0.660. The van der Waals surface area contributed by atoms with Crippen molar-refractivity contribution >= 4 is 17.1 Å². The van der Waals surface area contributed by atoms with Crippen LogP contribution in [0.4, 0.5) is 0 Å². The highest BCUT2D eigenvalue weighted by Gasteiger charge is 2.15. The van der Waals surface area contributed by atoms with Gasteiger partial charge >= 0.3 is 0 Å². The van der Waals surface area contributed by atoms with Gasteiger partial charge in [0, 0.05) is 17.1 Å². The van der Waals surface area contributed by atoms with Crippen LogP contribution in [0.3, 0.4) is 0 Å². The van der Waals surface area contributed by atoms with E-state index in [-0.39, 0.29) is 23.8 Å². The molecule has 0 N–H and O–H groups in total. The lowest BCUT2D eigenvalue weighted by atomic mass is 10.2. The number of methoxy groups -OCH3 is 1. The first kappa shape index (κ1) is 16.1. The smallest absolute Gasteiger partial charge is 0.267 e. The van der Waals surface area contributed by atoms with Crippen molar-refractivity contribution in [2.45, 2.75) is 13.5 Å². The Morgan fingerprint density at radius 2 is 2.08 bits per heavy atom. The third-order valence-corrected chi connectivity index (χ3v) is 4.44. The number of aryl methyl sites for hydroxylation is 1. The molecule has 0 aliphatic heterocycles. The molecule has 0 radical (unpaired) electrons. The lowest BCUT2D eigenvalue weighted by Gasteiger charge is -2.08.